The summed E-state index contributed by atoms with van der Waals surface area (Å²) in [7, 11) is 0. The molecule has 0 fully saturated rings. The number of nitrogens with one attached hydrogen (secondary N) is 1. The van der Waals surface area contributed by atoms with Crippen LogP contribution in [0.3, 0.4) is 0 Å². The molecule has 0 heterocycles. The Morgan fingerprint density at radius 2 is 1.92 bits per heavy atom. The van der Waals surface area contributed by atoms with Gasteiger partial charge in [0.05, 0.1) is 6.54 Å². The first-order valence-electron chi connectivity index (χ1n) is 4.09. The number of rotatable bonds is 5. The second kappa shape index (κ2) is 5.08. The number of carbonyl (C=O) groups excluding carboxylic acids is 1. The van der Waals surface area contributed by atoms with Gasteiger partial charge in [0.2, 0.25) is 0 Å². The lowest BCUT2D eigenvalue weighted by molar-refractivity contribution is -0.148. The Morgan fingerprint density at radius 3 is 2.23 bits per heavy atom. The van der Waals surface area contributed by atoms with Gasteiger partial charge >= 0.3 is 11.8 Å². The zero-order valence-corrected chi connectivity index (χ0v) is 7.81. The fourth-order valence-corrected chi connectivity index (χ4v) is 0.905. The average molecular weight is 195 g/mol. The van der Waals surface area contributed by atoms with Gasteiger partial charge in [-0.25, -0.2) is 5.84 Å². The molecule has 4 nitrogen and oxygen atoms in total. The topological polar surface area (TPSA) is 58.4 Å². The van der Waals surface area contributed by atoms with Crippen LogP contribution in [-0.4, -0.2) is 36.4 Å². The Hall–Kier alpha value is -0.750. The predicted octanol–water partition coefficient (Wildman–Crippen LogP) is -0.0466. The standard InChI is InChI=1S/C7H15F2N3O/c1-3-12(4-2)5-7(8,9)6(13)11-10/h3-5,10H2,1-2H3,(H,11,13). The number of hydrazine groups is 1. The summed E-state index contributed by atoms with van der Waals surface area (Å²) in [5, 5.41) is 0. The van der Waals surface area contributed by atoms with Crippen molar-refractivity contribution in [3.8, 4) is 0 Å². The zero-order chi connectivity index (χ0) is 10.5. The number of nitrogens with zero attached hydrogens (tertiary/aromatic N) is 1. The minimum atomic E-state index is -3.42. The summed E-state index contributed by atoms with van der Waals surface area (Å²) in [5.41, 5.74) is 1.44. The molecule has 1 amide bonds. The molecule has 0 aromatic rings. The average Bonchev–Trinajstić information content (AvgIpc) is 2.12. The third-order valence-corrected chi connectivity index (χ3v) is 1.78. The Kier molecular flexibility index (Phi) is 4.79. The second-order valence-electron chi connectivity index (χ2n) is 2.64. The molecule has 0 saturated carbocycles. The van der Waals surface area contributed by atoms with Gasteiger partial charge in [-0.15, -0.1) is 0 Å². The molecule has 0 aliphatic rings. The van der Waals surface area contributed by atoms with Crippen LogP contribution in [0, 0.1) is 0 Å². The third kappa shape index (κ3) is 3.65. The first-order chi connectivity index (χ1) is 5.97. The molecule has 13 heavy (non-hydrogen) atoms. The summed E-state index contributed by atoms with van der Waals surface area (Å²) in [5.74, 6) is -0.242. The van der Waals surface area contributed by atoms with Gasteiger partial charge in [0, 0.05) is 0 Å². The van der Waals surface area contributed by atoms with E-state index in [9.17, 15) is 13.6 Å². The monoisotopic (exact) mass is 195 g/mol. The number of amides is 1. The van der Waals surface area contributed by atoms with E-state index in [0.29, 0.717) is 13.1 Å². The Labute approximate surface area is 76.0 Å². The molecule has 0 aliphatic heterocycles. The minimum Gasteiger partial charge on any atom is -0.298 e. The number of halogens is 2. The molecule has 6 heteroatoms. The molecular formula is C7H15F2N3O. The molecule has 0 aromatic carbocycles. The van der Waals surface area contributed by atoms with Crippen LogP contribution in [-0.2, 0) is 4.79 Å². The highest BCUT2D eigenvalue weighted by Gasteiger charge is 2.39. The number of nitrogens with two attached hydrogens (primary N) is 1. The van der Waals surface area contributed by atoms with E-state index in [1.807, 2.05) is 0 Å². The summed E-state index contributed by atoms with van der Waals surface area (Å²) >= 11 is 0. The first kappa shape index (κ1) is 12.2. The van der Waals surface area contributed by atoms with Gasteiger partial charge in [-0.2, -0.15) is 8.78 Å². The number of carbonyl (C=O) groups is 1. The van der Waals surface area contributed by atoms with Crippen LogP contribution in [0.4, 0.5) is 8.78 Å². The van der Waals surface area contributed by atoms with E-state index in [-0.39, 0.29) is 0 Å². The van der Waals surface area contributed by atoms with Crippen molar-refractivity contribution in [3.63, 3.8) is 0 Å². The largest absolute Gasteiger partial charge is 0.338 e. The van der Waals surface area contributed by atoms with Crippen LogP contribution in [0.25, 0.3) is 0 Å². The van der Waals surface area contributed by atoms with Crippen molar-refractivity contribution in [3.05, 3.63) is 0 Å². The molecular weight excluding hydrogens is 180 g/mol. The maximum absolute atomic E-state index is 12.9. The van der Waals surface area contributed by atoms with Gasteiger partial charge in [0.15, 0.2) is 0 Å². The van der Waals surface area contributed by atoms with E-state index in [1.165, 1.54) is 10.3 Å². The van der Waals surface area contributed by atoms with Crippen LogP contribution in [0.1, 0.15) is 13.8 Å². The van der Waals surface area contributed by atoms with Crippen molar-refractivity contribution in [2.45, 2.75) is 19.8 Å². The van der Waals surface area contributed by atoms with Crippen LogP contribution in [0.2, 0.25) is 0 Å². The van der Waals surface area contributed by atoms with E-state index in [2.05, 4.69) is 5.84 Å². The lowest BCUT2D eigenvalue weighted by atomic mass is 10.3. The van der Waals surface area contributed by atoms with Gasteiger partial charge in [-0.3, -0.25) is 15.1 Å². The number of alkyl halides is 2. The summed E-state index contributed by atoms with van der Waals surface area (Å²) < 4.78 is 25.8. The lowest BCUT2D eigenvalue weighted by Crippen LogP contribution is -2.50. The van der Waals surface area contributed by atoms with E-state index < -0.39 is 18.4 Å². The SMILES string of the molecule is CCN(CC)CC(F)(F)C(=O)NN. The third-order valence-electron chi connectivity index (χ3n) is 1.78. The van der Waals surface area contributed by atoms with Crippen LogP contribution < -0.4 is 11.3 Å². The Balaban J connectivity index is 4.21. The van der Waals surface area contributed by atoms with E-state index >= 15 is 0 Å². The maximum Gasteiger partial charge on any atom is 0.338 e. The van der Waals surface area contributed by atoms with Crippen molar-refractivity contribution >= 4 is 5.91 Å². The Bertz CT molecular complexity index is 171. The molecule has 78 valence electrons. The van der Waals surface area contributed by atoms with Gasteiger partial charge in [0.25, 0.3) is 0 Å². The highest BCUT2D eigenvalue weighted by atomic mass is 19.3. The molecule has 0 aliphatic carbocycles. The van der Waals surface area contributed by atoms with Gasteiger partial charge in [0.1, 0.15) is 0 Å². The molecule has 3 N–H and O–H groups in total. The van der Waals surface area contributed by atoms with Crippen LogP contribution >= 0.6 is 0 Å². The van der Waals surface area contributed by atoms with E-state index in [4.69, 9.17) is 0 Å². The number of hydrogen-bond acceptors (Lipinski definition) is 3. The number of hydrogen-bond donors (Lipinski definition) is 2. The van der Waals surface area contributed by atoms with Crippen molar-refractivity contribution in [2.24, 2.45) is 5.84 Å². The molecule has 0 unspecified atom stereocenters. The molecule has 0 aromatic heterocycles. The zero-order valence-electron chi connectivity index (χ0n) is 7.81. The summed E-state index contributed by atoms with van der Waals surface area (Å²) in [6, 6.07) is 0. The van der Waals surface area contributed by atoms with Gasteiger partial charge < -0.3 is 0 Å². The molecule has 0 saturated heterocycles. The van der Waals surface area contributed by atoms with Gasteiger partial charge in [-0.05, 0) is 13.1 Å². The quantitative estimate of drug-likeness (QED) is 0.367. The maximum atomic E-state index is 12.9. The predicted molar refractivity (Wildman–Crippen MR) is 45.1 cm³/mol. The van der Waals surface area contributed by atoms with Crippen LogP contribution in [0.15, 0.2) is 0 Å². The van der Waals surface area contributed by atoms with Gasteiger partial charge in [-0.1, -0.05) is 13.8 Å². The molecule has 0 spiro atoms. The first-order valence-corrected chi connectivity index (χ1v) is 4.09. The summed E-state index contributed by atoms with van der Waals surface area (Å²) in [4.78, 5) is 12.0. The van der Waals surface area contributed by atoms with Crippen molar-refractivity contribution < 1.29 is 13.6 Å². The van der Waals surface area contributed by atoms with Crippen molar-refractivity contribution in [2.75, 3.05) is 19.6 Å². The van der Waals surface area contributed by atoms with E-state index in [1.54, 1.807) is 13.8 Å². The molecule has 0 radical (unpaired) electrons. The molecule has 0 bridgehead atoms. The van der Waals surface area contributed by atoms with E-state index in [0.717, 1.165) is 0 Å². The summed E-state index contributed by atoms with van der Waals surface area (Å²) in [6.45, 7) is 3.86. The normalized spacial score (nSPS) is 11.8. The molecule has 0 atom stereocenters. The fraction of sp³-hybridized carbons (Fsp3) is 0.857. The van der Waals surface area contributed by atoms with Crippen molar-refractivity contribution in [1.82, 2.24) is 10.3 Å². The fourth-order valence-electron chi connectivity index (χ4n) is 0.905. The summed E-state index contributed by atoms with van der Waals surface area (Å²) in [6.07, 6.45) is 0. The smallest absolute Gasteiger partial charge is 0.298 e. The highest BCUT2D eigenvalue weighted by molar-refractivity contribution is 5.82. The highest BCUT2D eigenvalue weighted by Crippen LogP contribution is 2.14. The Morgan fingerprint density at radius 1 is 1.46 bits per heavy atom. The lowest BCUT2D eigenvalue weighted by Gasteiger charge is -2.23. The van der Waals surface area contributed by atoms with Crippen LogP contribution in [0.5, 0.6) is 0 Å². The minimum absolute atomic E-state index is 0.476. The molecule has 0 rings (SSSR count). The second-order valence-corrected chi connectivity index (χ2v) is 2.64. The van der Waals surface area contributed by atoms with Crippen molar-refractivity contribution in [1.29, 1.82) is 0 Å².